The molecular formula is C28H31N3O2. The molecule has 1 aliphatic heterocycles. The fraction of sp³-hybridized carbons (Fsp3) is 0.357. The van der Waals surface area contributed by atoms with Gasteiger partial charge in [0, 0.05) is 5.69 Å². The van der Waals surface area contributed by atoms with Gasteiger partial charge in [-0.15, -0.1) is 0 Å². The lowest BCUT2D eigenvalue weighted by molar-refractivity contribution is -0.128. The minimum Gasteiger partial charge on any atom is -0.343 e. The molecule has 1 saturated carbocycles. The van der Waals surface area contributed by atoms with Crippen LogP contribution in [0.5, 0.6) is 0 Å². The van der Waals surface area contributed by atoms with Gasteiger partial charge in [-0.1, -0.05) is 54.6 Å². The van der Waals surface area contributed by atoms with Crippen LogP contribution in [0, 0.1) is 0 Å². The zero-order valence-corrected chi connectivity index (χ0v) is 19.3. The van der Waals surface area contributed by atoms with Crippen LogP contribution in [-0.4, -0.2) is 30.9 Å². The number of anilines is 1. The van der Waals surface area contributed by atoms with E-state index < -0.39 is 6.04 Å². The summed E-state index contributed by atoms with van der Waals surface area (Å²) in [5.74, 6) is 0.464. The number of benzene rings is 3. The average Bonchev–Trinajstić information content (AvgIpc) is 3.70. The highest BCUT2D eigenvalue weighted by molar-refractivity contribution is 6.01. The van der Waals surface area contributed by atoms with E-state index in [1.54, 1.807) is 14.0 Å². The van der Waals surface area contributed by atoms with Gasteiger partial charge in [-0.05, 0) is 79.1 Å². The Morgan fingerprint density at radius 3 is 2.48 bits per heavy atom. The Hall–Kier alpha value is -3.18. The van der Waals surface area contributed by atoms with Gasteiger partial charge in [-0.2, -0.15) is 0 Å². The van der Waals surface area contributed by atoms with Crippen LogP contribution in [0.4, 0.5) is 5.69 Å². The molecule has 3 aromatic carbocycles. The summed E-state index contributed by atoms with van der Waals surface area (Å²) in [5, 5.41) is 8.44. The lowest BCUT2D eigenvalue weighted by Gasteiger charge is -2.27. The number of nitrogens with zero attached hydrogens (tertiary/aromatic N) is 1. The van der Waals surface area contributed by atoms with Crippen LogP contribution in [0.2, 0.25) is 0 Å². The average molecular weight is 442 g/mol. The number of amides is 2. The van der Waals surface area contributed by atoms with Crippen molar-refractivity contribution in [3.8, 4) is 0 Å². The van der Waals surface area contributed by atoms with Crippen LogP contribution in [-0.2, 0) is 22.6 Å². The zero-order chi connectivity index (χ0) is 22.9. The van der Waals surface area contributed by atoms with Crippen LogP contribution in [0.15, 0.2) is 60.7 Å². The Morgan fingerprint density at radius 2 is 1.73 bits per heavy atom. The van der Waals surface area contributed by atoms with E-state index in [2.05, 4.69) is 53.1 Å². The van der Waals surface area contributed by atoms with Crippen molar-refractivity contribution in [2.24, 2.45) is 0 Å². The first-order valence-electron chi connectivity index (χ1n) is 11.9. The number of rotatable bonds is 6. The molecular weight excluding hydrogens is 410 g/mol. The summed E-state index contributed by atoms with van der Waals surface area (Å²) in [6, 6.07) is 20.2. The molecule has 0 spiro atoms. The second-order valence-corrected chi connectivity index (χ2v) is 9.30. The van der Waals surface area contributed by atoms with Crippen molar-refractivity contribution >= 4 is 28.3 Å². The molecule has 0 saturated heterocycles. The minimum atomic E-state index is -0.544. The van der Waals surface area contributed by atoms with Gasteiger partial charge < -0.3 is 15.5 Å². The second-order valence-electron chi connectivity index (χ2n) is 9.30. The first-order valence-corrected chi connectivity index (χ1v) is 11.9. The lowest BCUT2D eigenvalue weighted by Crippen LogP contribution is -2.52. The third kappa shape index (κ3) is 4.25. The topological polar surface area (TPSA) is 61.4 Å². The highest BCUT2D eigenvalue weighted by Gasteiger charge is 2.33. The Morgan fingerprint density at radius 1 is 1.00 bits per heavy atom. The third-order valence-corrected chi connectivity index (χ3v) is 7.09. The Bertz CT molecular complexity index is 1200. The molecule has 170 valence electrons. The molecule has 0 radical (unpaired) electrons. The molecule has 5 nitrogen and oxygen atoms in total. The molecule has 1 fully saturated rings. The first-order chi connectivity index (χ1) is 16.1. The van der Waals surface area contributed by atoms with E-state index in [0.717, 1.165) is 23.2 Å². The Balaban J connectivity index is 1.52. The van der Waals surface area contributed by atoms with Crippen LogP contribution < -0.4 is 15.5 Å². The maximum Gasteiger partial charge on any atom is 0.249 e. The summed E-state index contributed by atoms with van der Waals surface area (Å²) >= 11 is 0. The number of hydrogen-bond acceptors (Lipinski definition) is 3. The van der Waals surface area contributed by atoms with Gasteiger partial charge in [-0.3, -0.25) is 9.59 Å². The van der Waals surface area contributed by atoms with E-state index in [0.29, 0.717) is 18.9 Å². The monoisotopic (exact) mass is 441 g/mol. The number of para-hydroxylation sites is 1. The quantitative estimate of drug-likeness (QED) is 0.600. The van der Waals surface area contributed by atoms with Crippen LogP contribution in [0.25, 0.3) is 10.8 Å². The predicted octanol–water partition coefficient (Wildman–Crippen LogP) is 4.29. The minimum absolute atomic E-state index is 0.0491. The van der Waals surface area contributed by atoms with Crippen LogP contribution in [0.3, 0.4) is 0 Å². The standard InChI is InChI=1S/C28H31N3O2/c1-18(29-2)27(32)30-25-16-14-20-7-3-6-10-26(20)31(28(25)33)17-21-13-15-23(19-11-12-19)24-9-5-4-8-22(21)24/h3-10,13,15,18-19,25,29H,11-12,14,16-17H2,1-2H3,(H,30,32). The van der Waals surface area contributed by atoms with Gasteiger partial charge in [0.25, 0.3) is 0 Å². The summed E-state index contributed by atoms with van der Waals surface area (Å²) in [6.07, 6.45) is 3.86. The highest BCUT2D eigenvalue weighted by atomic mass is 16.2. The summed E-state index contributed by atoms with van der Waals surface area (Å²) in [7, 11) is 1.75. The Kier molecular flexibility index (Phi) is 5.90. The molecule has 1 heterocycles. The van der Waals surface area contributed by atoms with Crippen LogP contribution >= 0.6 is 0 Å². The van der Waals surface area contributed by atoms with Gasteiger partial charge >= 0.3 is 0 Å². The number of hydrogen-bond donors (Lipinski definition) is 2. The summed E-state index contributed by atoms with van der Waals surface area (Å²) in [4.78, 5) is 28.2. The lowest BCUT2D eigenvalue weighted by atomic mass is 9.96. The highest BCUT2D eigenvalue weighted by Crippen LogP contribution is 2.44. The van der Waals surface area contributed by atoms with Crippen molar-refractivity contribution < 1.29 is 9.59 Å². The molecule has 33 heavy (non-hydrogen) atoms. The van der Waals surface area contributed by atoms with E-state index in [1.807, 2.05) is 23.1 Å². The van der Waals surface area contributed by atoms with E-state index in [-0.39, 0.29) is 17.9 Å². The third-order valence-electron chi connectivity index (χ3n) is 7.09. The van der Waals surface area contributed by atoms with E-state index >= 15 is 0 Å². The largest absolute Gasteiger partial charge is 0.343 e. The number of aryl methyl sites for hydroxylation is 1. The van der Waals surface area contributed by atoms with Crippen molar-refractivity contribution in [1.82, 2.24) is 10.6 Å². The molecule has 2 unspecified atom stereocenters. The molecule has 2 N–H and O–H groups in total. The summed E-state index contributed by atoms with van der Waals surface area (Å²) in [5.41, 5.74) is 4.64. The molecule has 0 aromatic heterocycles. The van der Waals surface area contributed by atoms with Gasteiger partial charge in [0.05, 0.1) is 12.6 Å². The van der Waals surface area contributed by atoms with Crippen molar-refractivity contribution in [3.63, 3.8) is 0 Å². The normalized spacial score (nSPS) is 19.2. The molecule has 1 aliphatic carbocycles. The number of carbonyl (C=O) groups is 2. The van der Waals surface area contributed by atoms with Crippen molar-refractivity contribution in [2.45, 2.75) is 57.2 Å². The second kappa shape index (κ2) is 8.99. The predicted molar refractivity (Wildman–Crippen MR) is 132 cm³/mol. The first kappa shape index (κ1) is 21.7. The molecule has 0 bridgehead atoms. The van der Waals surface area contributed by atoms with Gasteiger partial charge in [0.2, 0.25) is 11.8 Å². The van der Waals surface area contributed by atoms with E-state index in [1.165, 1.54) is 29.2 Å². The fourth-order valence-corrected chi connectivity index (χ4v) is 4.88. The van der Waals surface area contributed by atoms with Crippen molar-refractivity contribution in [2.75, 3.05) is 11.9 Å². The van der Waals surface area contributed by atoms with Crippen molar-refractivity contribution in [3.05, 3.63) is 77.4 Å². The van der Waals surface area contributed by atoms with Gasteiger partial charge in [-0.25, -0.2) is 0 Å². The smallest absolute Gasteiger partial charge is 0.249 e. The number of fused-ring (bicyclic) bond motifs is 2. The molecule has 2 amide bonds. The molecule has 5 rings (SSSR count). The Labute approximate surface area is 195 Å². The molecule has 3 aromatic rings. The molecule has 2 aliphatic rings. The number of carbonyl (C=O) groups excluding carboxylic acids is 2. The van der Waals surface area contributed by atoms with Crippen LogP contribution in [0.1, 0.15) is 48.8 Å². The van der Waals surface area contributed by atoms with E-state index in [4.69, 9.17) is 0 Å². The van der Waals surface area contributed by atoms with Crippen molar-refractivity contribution in [1.29, 1.82) is 0 Å². The SMILES string of the molecule is CNC(C)C(=O)NC1CCc2ccccc2N(Cc2ccc(C3CC3)c3ccccc23)C1=O. The number of nitrogens with one attached hydrogen (secondary N) is 2. The fourth-order valence-electron chi connectivity index (χ4n) is 4.88. The summed E-state index contributed by atoms with van der Waals surface area (Å²) < 4.78 is 0. The maximum absolute atomic E-state index is 13.8. The van der Waals surface area contributed by atoms with E-state index in [9.17, 15) is 9.59 Å². The number of likely N-dealkylation sites (N-methyl/N-ethyl adjacent to an activating group) is 1. The maximum atomic E-state index is 13.8. The summed E-state index contributed by atoms with van der Waals surface area (Å²) in [6.45, 7) is 2.28. The van der Waals surface area contributed by atoms with Gasteiger partial charge in [0.1, 0.15) is 6.04 Å². The zero-order valence-electron chi connectivity index (χ0n) is 19.3. The van der Waals surface area contributed by atoms with Gasteiger partial charge in [0.15, 0.2) is 0 Å². The molecule has 5 heteroatoms. The molecule has 2 atom stereocenters.